The monoisotopic (exact) mass is 255 g/mol. The molecular weight excluding hydrogens is 238 g/mol. The van der Waals surface area contributed by atoms with Crippen LogP contribution in [0, 0.1) is 0 Å². The minimum atomic E-state index is -0.185. The molecule has 0 radical (unpaired) electrons. The number of benzene rings is 2. The van der Waals surface area contributed by atoms with E-state index in [2.05, 4.69) is 24.4 Å². The number of aryl methyl sites for hydroxylation is 1. The quantitative estimate of drug-likeness (QED) is 0.882. The van der Waals surface area contributed by atoms with E-state index in [4.69, 9.17) is 0 Å². The van der Waals surface area contributed by atoms with E-state index in [0.717, 1.165) is 12.0 Å². The molecule has 3 heteroatoms. The predicted octanol–water partition coefficient (Wildman–Crippen LogP) is 2.88. The molecule has 0 aliphatic carbocycles. The Labute approximate surface area is 112 Å². The lowest BCUT2D eigenvalue weighted by atomic mass is 10.1. The molecule has 2 aromatic carbocycles. The van der Waals surface area contributed by atoms with Crippen molar-refractivity contribution >= 4 is 5.91 Å². The van der Waals surface area contributed by atoms with Gasteiger partial charge in [0.25, 0.3) is 5.91 Å². The Morgan fingerprint density at radius 3 is 2.42 bits per heavy atom. The van der Waals surface area contributed by atoms with Gasteiger partial charge in [0.05, 0.1) is 0 Å². The van der Waals surface area contributed by atoms with Crippen molar-refractivity contribution in [2.75, 3.05) is 0 Å². The Morgan fingerprint density at radius 1 is 1.11 bits per heavy atom. The molecule has 0 aliphatic rings. The lowest BCUT2D eigenvalue weighted by Crippen LogP contribution is -2.22. The fourth-order valence-electron chi connectivity index (χ4n) is 1.82. The van der Waals surface area contributed by atoms with Crippen LogP contribution in [0.3, 0.4) is 0 Å². The fraction of sp³-hybridized carbons (Fsp3) is 0.188. The second kappa shape index (κ2) is 6.05. The maximum absolute atomic E-state index is 11.9. The van der Waals surface area contributed by atoms with Crippen LogP contribution in [0.1, 0.15) is 28.4 Å². The van der Waals surface area contributed by atoms with E-state index in [1.54, 1.807) is 18.2 Å². The molecule has 0 unspecified atom stereocenters. The van der Waals surface area contributed by atoms with E-state index in [9.17, 15) is 9.90 Å². The molecule has 0 aromatic heterocycles. The van der Waals surface area contributed by atoms with Crippen molar-refractivity contribution in [3.63, 3.8) is 0 Å². The average Bonchev–Trinajstić information content (AvgIpc) is 2.45. The molecule has 3 nitrogen and oxygen atoms in total. The molecule has 0 fully saturated rings. The lowest BCUT2D eigenvalue weighted by molar-refractivity contribution is 0.0950. The fourth-order valence-corrected chi connectivity index (χ4v) is 1.82. The van der Waals surface area contributed by atoms with Crippen LogP contribution in [0.5, 0.6) is 5.75 Å². The molecule has 0 bridgehead atoms. The third-order valence-electron chi connectivity index (χ3n) is 2.99. The summed E-state index contributed by atoms with van der Waals surface area (Å²) in [6.07, 6.45) is 1.01. The van der Waals surface area contributed by atoms with Gasteiger partial charge in [-0.15, -0.1) is 0 Å². The number of carbonyl (C=O) groups excluding carboxylic acids is 1. The van der Waals surface area contributed by atoms with Gasteiger partial charge in [0.1, 0.15) is 5.75 Å². The molecule has 0 heterocycles. The first-order chi connectivity index (χ1) is 9.19. The van der Waals surface area contributed by atoms with Crippen LogP contribution in [-0.4, -0.2) is 11.0 Å². The molecule has 0 saturated heterocycles. The number of nitrogens with one attached hydrogen (secondary N) is 1. The summed E-state index contributed by atoms with van der Waals surface area (Å²) in [5.74, 6) is -0.0876. The lowest BCUT2D eigenvalue weighted by Gasteiger charge is -2.06. The summed E-state index contributed by atoms with van der Waals surface area (Å²) in [4.78, 5) is 11.9. The highest BCUT2D eigenvalue weighted by Crippen LogP contribution is 2.11. The Morgan fingerprint density at radius 2 is 1.79 bits per heavy atom. The van der Waals surface area contributed by atoms with E-state index in [1.807, 2.05) is 12.1 Å². The van der Waals surface area contributed by atoms with Crippen LogP contribution < -0.4 is 5.32 Å². The Kier molecular flexibility index (Phi) is 4.18. The second-order valence-corrected chi connectivity index (χ2v) is 4.40. The maximum Gasteiger partial charge on any atom is 0.251 e. The first kappa shape index (κ1) is 13.1. The molecule has 2 N–H and O–H groups in total. The van der Waals surface area contributed by atoms with Crippen molar-refractivity contribution in [1.29, 1.82) is 0 Å². The number of phenolic OH excluding ortho intramolecular Hbond substituents is 1. The minimum Gasteiger partial charge on any atom is -0.508 e. The van der Waals surface area contributed by atoms with Gasteiger partial charge >= 0.3 is 0 Å². The SMILES string of the molecule is CCc1ccc(CNC(=O)c2cccc(O)c2)cc1. The van der Waals surface area contributed by atoms with E-state index in [-0.39, 0.29) is 11.7 Å². The van der Waals surface area contributed by atoms with Gasteiger partial charge in [0, 0.05) is 12.1 Å². The number of phenols is 1. The van der Waals surface area contributed by atoms with Gasteiger partial charge in [-0.3, -0.25) is 4.79 Å². The van der Waals surface area contributed by atoms with E-state index in [0.29, 0.717) is 12.1 Å². The number of carbonyl (C=O) groups is 1. The third kappa shape index (κ3) is 3.58. The zero-order chi connectivity index (χ0) is 13.7. The van der Waals surface area contributed by atoms with Crippen molar-refractivity contribution in [3.8, 4) is 5.75 Å². The van der Waals surface area contributed by atoms with Gasteiger partial charge in [-0.05, 0) is 35.7 Å². The summed E-state index contributed by atoms with van der Waals surface area (Å²) in [5, 5.41) is 12.2. The van der Waals surface area contributed by atoms with Crippen LogP contribution in [-0.2, 0) is 13.0 Å². The first-order valence-electron chi connectivity index (χ1n) is 6.34. The molecular formula is C16H17NO2. The zero-order valence-corrected chi connectivity index (χ0v) is 10.9. The average molecular weight is 255 g/mol. The maximum atomic E-state index is 11.9. The topological polar surface area (TPSA) is 49.3 Å². The summed E-state index contributed by atoms with van der Waals surface area (Å²) in [5.41, 5.74) is 2.80. The highest BCUT2D eigenvalue weighted by atomic mass is 16.3. The minimum absolute atomic E-state index is 0.0972. The van der Waals surface area contributed by atoms with Gasteiger partial charge in [-0.2, -0.15) is 0 Å². The van der Waals surface area contributed by atoms with Crippen LogP contribution in [0.2, 0.25) is 0 Å². The molecule has 0 saturated carbocycles. The Balaban J connectivity index is 1.96. The smallest absolute Gasteiger partial charge is 0.251 e. The van der Waals surface area contributed by atoms with Crippen LogP contribution in [0.25, 0.3) is 0 Å². The molecule has 0 atom stereocenters. The molecule has 2 rings (SSSR count). The molecule has 0 spiro atoms. The molecule has 98 valence electrons. The highest BCUT2D eigenvalue weighted by Gasteiger charge is 2.05. The normalized spacial score (nSPS) is 10.2. The van der Waals surface area contributed by atoms with E-state index in [1.165, 1.54) is 11.6 Å². The van der Waals surface area contributed by atoms with Crippen molar-refractivity contribution in [1.82, 2.24) is 5.32 Å². The Hall–Kier alpha value is -2.29. The van der Waals surface area contributed by atoms with Crippen LogP contribution in [0.4, 0.5) is 0 Å². The zero-order valence-electron chi connectivity index (χ0n) is 10.9. The number of rotatable bonds is 4. The summed E-state index contributed by atoms with van der Waals surface area (Å²) in [6.45, 7) is 2.59. The number of amides is 1. The highest BCUT2D eigenvalue weighted by molar-refractivity contribution is 5.94. The molecule has 19 heavy (non-hydrogen) atoms. The first-order valence-corrected chi connectivity index (χ1v) is 6.34. The number of hydrogen-bond acceptors (Lipinski definition) is 2. The van der Waals surface area contributed by atoms with Gasteiger partial charge in [-0.1, -0.05) is 37.3 Å². The van der Waals surface area contributed by atoms with Crippen LogP contribution >= 0.6 is 0 Å². The Bertz CT molecular complexity index is 561. The predicted molar refractivity (Wildman–Crippen MR) is 75.1 cm³/mol. The second-order valence-electron chi connectivity index (χ2n) is 4.40. The van der Waals surface area contributed by atoms with Crippen molar-refractivity contribution in [2.24, 2.45) is 0 Å². The van der Waals surface area contributed by atoms with E-state index < -0.39 is 0 Å². The summed E-state index contributed by atoms with van der Waals surface area (Å²) in [7, 11) is 0. The van der Waals surface area contributed by atoms with Crippen molar-refractivity contribution in [3.05, 3.63) is 65.2 Å². The summed E-state index contributed by atoms with van der Waals surface area (Å²) >= 11 is 0. The molecule has 0 aliphatic heterocycles. The third-order valence-corrected chi connectivity index (χ3v) is 2.99. The van der Waals surface area contributed by atoms with Crippen LogP contribution in [0.15, 0.2) is 48.5 Å². The number of aromatic hydroxyl groups is 1. The van der Waals surface area contributed by atoms with E-state index >= 15 is 0 Å². The standard InChI is InChI=1S/C16H17NO2/c1-2-12-6-8-13(9-7-12)11-17-16(19)14-4-3-5-15(18)10-14/h3-10,18H,2,11H2,1H3,(H,17,19). The van der Waals surface area contributed by atoms with Gasteiger partial charge < -0.3 is 10.4 Å². The van der Waals surface area contributed by atoms with Crippen molar-refractivity contribution < 1.29 is 9.90 Å². The largest absolute Gasteiger partial charge is 0.508 e. The number of hydrogen-bond donors (Lipinski definition) is 2. The van der Waals surface area contributed by atoms with Crippen molar-refractivity contribution in [2.45, 2.75) is 19.9 Å². The van der Waals surface area contributed by atoms with Gasteiger partial charge in [0.15, 0.2) is 0 Å². The van der Waals surface area contributed by atoms with Gasteiger partial charge in [-0.25, -0.2) is 0 Å². The summed E-state index contributed by atoms with van der Waals surface area (Å²) < 4.78 is 0. The summed E-state index contributed by atoms with van der Waals surface area (Å²) in [6, 6.07) is 14.5. The molecule has 1 amide bonds. The van der Waals surface area contributed by atoms with Gasteiger partial charge in [0.2, 0.25) is 0 Å². The molecule has 2 aromatic rings.